The van der Waals surface area contributed by atoms with E-state index in [-0.39, 0.29) is 42.2 Å². The van der Waals surface area contributed by atoms with Gasteiger partial charge in [0.1, 0.15) is 6.61 Å². The molecular formula is C20H29N3O8Si. The fourth-order valence-corrected chi connectivity index (χ4v) is 4.07. The van der Waals surface area contributed by atoms with E-state index in [2.05, 4.69) is 39.0 Å². The molecule has 1 N–H and O–H groups in total. The number of non-ortho nitro benzene ring substituents is 1. The summed E-state index contributed by atoms with van der Waals surface area (Å²) in [5.74, 6) is -0.961. The van der Waals surface area contributed by atoms with Gasteiger partial charge < -0.3 is 19.1 Å². The van der Waals surface area contributed by atoms with Crippen LogP contribution in [0.25, 0.3) is 0 Å². The highest BCUT2D eigenvalue weighted by Crippen LogP contribution is 2.38. The molecule has 11 nitrogen and oxygen atoms in total. The minimum atomic E-state index is -2.12. The maximum Gasteiger partial charge on any atom is 0.415 e. The molecule has 1 atom stereocenters. The van der Waals surface area contributed by atoms with Gasteiger partial charge in [0.05, 0.1) is 17.6 Å². The van der Waals surface area contributed by atoms with Crippen LogP contribution in [0.5, 0.6) is 0 Å². The molecule has 0 saturated carbocycles. The smallest absolute Gasteiger partial charge is 0.415 e. The maximum absolute atomic E-state index is 12.7. The molecule has 1 aliphatic rings. The first kappa shape index (κ1) is 25.3. The summed E-state index contributed by atoms with van der Waals surface area (Å²) in [6, 6.07) is 5.66. The summed E-state index contributed by atoms with van der Waals surface area (Å²) in [4.78, 5) is 39.8. The van der Waals surface area contributed by atoms with Crippen molar-refractivity contribution in [2.75, 3.05) is 13.2 Å². The monoisotopic (exact) mass is 467 g/mol. The first-order chi connectivity index (χ1) is 14.8. The van der Waals surface area contributed by atoms with E-state index in [4.69, 9.17) is 19.1 Å². The largest absolute Gasteiger partial charge is 0.479 e. The molecule has 1 amide bonds. The number of nitro groups is 1. The molecule has 32 heavy (non-hydrogen) atoms. The number of hydrogen-bond acceptors (Lipinski definition) is 8. The van der Waals surface area contributed by atoms with Crippen LogP contribution in [0.4, 0.5) is 10.5 Å². The van der Waals surface area contributed by atoms with Gasteiger partial charge in [-0.3, -0.25) is 15.0 Å². The van der Waals surface area contributed by atoms with E-state index in [1.165, 1.54) is 29.2 Å². The summed E-state index contributed by atoms with van der Waals surface area (Å²) in [6.45, 7) is 9.98. The number of likely N-dealkylation sites (tertiary alicyclic amines) is 1. The molecule has 2 rings (SSSR count). The minimum absolute atomic E-state index is 0.0338. The fraction of sp³-hybridized carbons (Fsp3) is 0.550. The van der Waals surface area contributed by atoms with Gasteiger partial charge in [-0.05, 0) is 35.8 Å². The van der Waals surface area contributed by atoms with Crippen molar-refractivity contribution in [1.29, 1.82) is 0 Å². The van der Waals surface area contributed by atoms with E-state index in [0.29, 0.717) is 5.56 Å². The molecule has 0 bridgehead atoms. The number of amidine groups is 1. The molecule has 0 aliphatic carbocycles. The number of carboxylic acid groups (broad SMARTS) is 1. The Morgan fingerprint density at radius 1 is 1.28 bits per heavy atom. The number of carbonyl (C=O) groups is 2. The van der Waals surface area contributed by atoms with Gasteiger partial charge in [0.2, 0.25) is 6.61 Å². The van der Waals surface area contributed by atoms with Crippen LogP contribution in [0.2, 0.25) is 18.1 Å². The van der Waals surface area contributed by atoms with E-state index in [1.54, 1.807) is 0 Å². The number of nitrogens with zero attached hydrogens (tertiary/aromatic N) is 3. The lowest BCUT2D eigenvalue weighted by Gasteiger charge is -2.38. The molecule has 1 fully saturated rings. The number of hydrogen-bond donors (Lipinski definition) is 1. The highest BCUT2D eigenvalue weighted by molar-refractivity contribution is 6.74. The summed E-state index contributed by atoms with van der Waals surface area (Å²) in [5, 5.41) is 23.3. The quantitative estimate of drug-likeness (QED) is 0.346. The predicted molar refractivity (Wildman–Crippen MR) is 118 cm³/mol. The summed E-state index contributed by atoms with van der Waals surface area (Å²) < 4.78 is 11.7. The molecule has 1 heterocycles. The van der Waals surface area contributed by atoms with Crippen molar-refractivity contribution in [2.24, 2.45) is 5.16 Å². The first-order valence-corrected chi connectivity index (χ1v) is 13.0. The van der Waals surface area contributed by atoms with Crippen molar-refractivity contribution >= 4 is 31.9 Å². The van der Waals surface area contributed by atoms with Crippen LogP contribution < -0.4 is 0 Å². The SMILES string of the molecule is CC(C)(C)[Si](C)(C)O[C@@H]1CC(=NOCC(=O)O)N(C(=O)OCc2ccc([N+](=O)[O-])cc2)C1. The number of rotatable bonds is 8. The topological polar surface area (TPSA) is 141 Å². The van der Waals surface area contributed by atoms with Crippen LogP contribution in [0.1, 0.15) is 32.8 Å². The molecule has 1 aromatic rings. The zero-order chi connectivity index (χ0) is 24.1. The second-order valence-electron chi connectivity index (χ2n) is 8.97. The lowest BCUT2D eigenvalue weighted by Crippen LogP contribution is -2.44. The van der Waals surface area contributed by atoms with Gasteiger partial charge in [-0.1, -0.05) is 25.9 Å². The molecule has 0 aromatic heterocycles. The van der Waals surface area contributed by atoms with Crippen molar-refractivity contribution in [2.45, 2.75) is 58.0 Å². The number of ether oxygens (including phenoxy) is 1. The van der Waals surface area contributed by atoms with Crippen LogP contribution in [-0.2, 0) is 25.4 Å². The van der Waals surface area contributed by atoms with Crippen molar-refractivity contribution < 1.29 is 33.6 Å². The minimum Gasteiger partial charge on any atom is -0.479 e. The molecule has 176 valence electrons. The highest BCUT2D eigenvalue weighted by atomic mass is 28.4. The maximum atomic E-state index is 12.7. The van der Waals surface area contributed by atoms with E-state index >= 15 is 0 Å². The lowest BCUT2D eigenvalue weighted by atomic mass is 10.2. The van der Waals surface area contributed by atoms with Gasteiger partial charge in [0.15, 0.2) is 14.2 Å². The average molecular weight is 468 g/mol. The van der Waals surface area contributed by atoms with Crippen molar-refractivity contribution in [3.05, 3.63) is 39.9 Å². The number of amides is 1. The molecule has 1 aromatic carbocycles. The molecule has 1 aliphatic heterocycles. The second kappa shape index (κ2) is 10.1. The first-order valence-electron chi connectivity index (χ1n) is 10.1. The van der Waals surface area contributed by atoms with E-state index in [9.17, 15) is 19.7 Å². The normalized spacial score (nSPS) is 18.0. The summed E-state index contributed by atoms with van der Waals surface area (Å²) in [7, 11) is -2.12. The zero-order valence-electron chi connectivity index (χ0n) is 18.9. The Labute approximate surface area is 187 Å². The Morgan fingerprint density at radius 3 is 2.44 bits per heavy atom. The lowest BCUT2D eigenvalue weighted by molar-refractivity contribution is -0.384. The second-order valence-corrected chi connectivity index (χ2v) is 13.7. The third kappa shape index (κ3) is 6.75. The van der Waals surface area contributed by atoms with Gasteiger partial charge in [-0.25, -0.2) is 9.59 Å². The standard InChI is InChI=1S/C20H29N3O8Si/c1-20(2,3)32(4,5)31-16-10-17(21-30-13-18(24)25)22(11-16)19(26)29-12-14-6-8-15(9-7-14)23(27)28/h6-9,16H,10-13H2,1-5H3,(H,24,25)/t16-/m1/s1. The van der Waals surface area contributed by atoms with Gasteiger partial charge in [-0.2, -0.15) is 0 Å². The highest BCUT2D eigenvalue weighted by Gasteiger charge is 2.43. The van der Waals surface area contributed by atoms with Crippen molar-refractivity contribution in [1.82, 2.24) is 4.90 Å². The van der Waals surface area contributed by atoms with Crippen molar-refractivity contribution in [3.63, 3.8) is 0 Å². The summed E-state index contributed by atoms with van der Waals surface area (Å²) in [6.07, 6.45) is -0.740. The summed E-state index contributed by atoms with van der Waals surface area (Å²) in [5.41, 5.74) is 0.521. The molecular weight excluding hydrogens is 438 g/mol. The predicted octanol–water partition coefficient (Wildman–Crippen LogP) is 3.74. The van der Waals surface area contributed by atoms with Crippen LogP contribution in [0, 0.1) is 10.1 Å². The Balaban J connectivity index is 2.08. The van der Waals surface area contributed by atoms with Gasteiger partial charge in [0, 0.05) is 18.6 Å². The number of carbonyl (C=O) groups excluding carboxylic acids is 1. The average Bonchev–Trinajstić information content (AvgIpc) is 3.07. The molecule has 0 unspecified atom stereocenters. The van der Waals surface area contributed by atoms with Gasteiger partial charge in [-0.15, -0.1) is 0 Å². The van der Waals surface area contributed by atoms with Crippen molar-refractivity contribution in [3.8, 4) is 0 Å². The van der Waals surface area contributed by atoms with Crippen LogP contribution >= 0.6 is 0 Å². The van der Waals surface area contributed by atoms with Crippen LogP contribution in [0.3, 0.4) is 0 Å². The Morgan fingerprint density at radius 2 is 1.91 bits per heavy atom. The molecule has 0 radical (unpaired) electrons. The van der Waals surface area contributed by atoms with E-state index in [1.807, 2.05) is 0 Å². The van der Waals surface area contributed by atoms with Gasteiger partial charge >= 0.3 is 12.1 Å². The molecule has 0 spiro atoms. The number of nitro benzene ring substituents is 1. The van der Waals surface area contributed by atoms with E-state index in [0.717, 1.165) is 0 Å². The Hall–Kier alpha value is -2.99. The van der Waals surface area contributed by atoms with Crippen LogP contribution in [0.15, 0.2) is 29.4 Å². The Bertz CT molecular complexity index is 880. The number of aliphatic carboxylic acids is 1. The number of benzene rings is 1. The molecule has 1 saturated heterocycles. The number of carboxylic acids is 1. The zero-order valence-corrected chi connectivity index (χ0v) is 19.9. The fourth-order valence-electron chi connectivity index (χ4n) is 2.73. The number of oxime groups is 1. The third-order valence-corrected chi connectivity index (χ3v) is 10.00. The van der Waals surface area contributed by atoms with E-state index < -0.39 is 31.9 Å². The summed E-state index contributed by atoms with van der Waals surface area (Å²) >= 11 is 0. The molecule has 12 heteroatoms. The Kier molecular flexibility index (Phi) is 7.96. The van der Waals surface area contributed by atoms with Gasteiger partial charge in [0.25, 0.3) is 5.69 Å². The van der Waals surface area contributed by atoms with Crippen LogP contribution in [-0.4, -0.2) is 60.4 Å². The third-order valence-electron chi connectivity index (χ3n) is 5.46.